The highest BCUT2D eigenvalue weighted by Gasteiger charge is 2.35. The van der Waals surface area contributed by atoms with Gasteiger partial charge in [0.05, 0.1) is 18.0 Å². The summed E-state index contributed by atoms with van der Waals surface area (Å²) in [5.41, 5.74) is 3.18. The summed E-state index contributed by atoms with van der Waals surface area (Å²) >= 11 is 0. The molecular weight excluding hydrogens is 553 g/mol. The number of anilines is 3. The number of hydrogen-bond acceptors (Lipinski definition) is 7. The molecule has 0 saturated carbocycles. The number of aliphatic hydroxyl groups is 1. The van der Waals surface area contributed by atoms with Crippen molar-refractivity contribution in [2.24, 2.45) is 5.92 Å². The molecule has 11 heteroatoms. The van der Waals surface area contributed by atoms with E-state index in [0.29, 0.717) is 29.4 Å². The third-order valence-electron chi connectivity index (χ3n) is 7.79. The summed E-state index contributed by atoms with van der Waals surface area (Å²) in [5, 5.41) is 13.6. The van der Waals surface area contributed by atoms with Crippen molar-refractivity contribution in [3.63, 3.8) is 0 Å². The monoisotopic (exact) mass is 590 g/mol. The van der Waals surface area contributed by atoms with Gasteiger partial charge in [-0.25, -0.2) is 15.0 Å². The Morgan fingerprint density at radius 1 is 1.12 bits per heavy atom. The van der Waals surface area contributed by atoms with Crippen molar-refractivity contribution < 1.29 is 18.3 Å². The minimum absolute atomic E-state index is 0. The molecule has 0 radical (unpaired) electrons. The van der Waals surface area contributed by atoms with E-state index in [9.17, 15) is 18.3 Å². The molecular formula is C30H38ClF3N6O. The normalized spacial score (nSPS) is 19.4. The van der Waals surface area contributed by atoms with Gasteiger partial charge in [0.15, 0.2) is 0 Å². The van der Waals surface area contributed by atoms with Gasteiger partial charge in [-0.15, -0.1) is 12.4 Å². The Morgan fingerprint density at radius 2 is 1.93 bits per heavy atom. The van der Waals surface area contributed by atoms with Gasteiger partial charge in [-0.05, 0) is 67.3 Å². The number of pyridine rings is 1. The number of aromatic nitrogens is 3. The lowest BCUT2D eigenvalue weighted by Gasteiger charge is -2.42. The number of benzene rings is 1. The zero-order valence-electron chi connectivity index (χ0n) is 23.7. The number of nitrogens with one attached hydrogen (secondary N) is 1. The number of halogens is 4. The maximum atomic E-state index is 13.8. The van der Waals surface area contributed by atoms with Crippen LogP contribution < -0.4 is 10.2 Å². The average molecular weight is 591 g/mol. The van der Waals surface area contributed by atoms with E-state index in [1.165, 1.54) is 18.0 Å². The van der Waals surface area contributed by atoms with Crippen LogP contribution in [0.25, 0.3) is 11.3 Å². The number of rotatable bonds is 7. The first-order valence-electron chi connectivity index (χ1n) is 14.0. The molecule has 2 aliphatic rings. The number of piperidine rings is 1. The predicted octanol–water partition coefficient (Wildman–Crippen LogP) is 6.48. The first kappa shape index (κ1) is 31.0. The second-order valence-electron chi connectivity index (χ2n) is 11.3. The molecule has 7 nitrogen and oxygen atoms in total. The van der Waals surface area contributed by atoms with Crippen molar-refractivity contribution in [3.8, 4) is 11.3 Å². The Hall–Kier alpha value is -2.95. The molecule has 1 aliphatic heterocycles. The first-order valence-corrected chi connectivity index (χ1v) is 14.0. The average Bonchev–Trinajstić information content (AvgIpc) is 2.92. The zero-order valence-corrected chi connectivity index (χ0v) is 24.5. The van der Waals surface area contributed by atoms with Gasteiger partial charge in [-0.2, -0.15) is 13.2 Å². The van der Waals surface area contributed by atoms with Gasteiger partial charge < -0.3 is 15.3 Å². The molecule has 222 valence electrons. The number of aliphatic hydroxyl groups excluding tert-OH is 1. The maximum Gasteiger partial charge on any atom is 0.433 e. The summed E-state index contributed by atoms with van der Waals surface area (Å²) < 4.78 is 41.4. The standard InChI is InChI=1S/C30H37F3N6O.ClH/c1-19(2)17-39-14-5-4-9-28(39)38(3)29-22(12-13-26(37-29)30(31,32)33)25-16-27(35-18-34-25)36-24-8-6-7-20-10-11-21(40)15-23(20)24;/h6-8,12-13,16,18-19,21,28,40H,4-5,9-11,14-15,17H2,1-3H3,(H,34,35,36);1H/t21-,28+;/m1./s1. The summed E-state index contributed by atoms with van der Waals surface area (Å²) in [5.74, 6) is 1.20. The van der Waals surface area contributed by atoms with Gasteiger partial charge in [-0.3, -0.25) is 4.90 Å². The fourth-order valence-electron chi connectivity index (χ4n) is 5.91. The van der Waals surface area contributed by atoms with E-state index in [1.54, 1.807) is 6.07 Å². The van der Waals surface area contributed by atoms with E-state index in [4.69, 9.17) is 0 Å². The molecule has 1 aromatic carbocycles. The third kappa shape index (κ3) is 7.10. The number of aryl methyl sites for hydroxylation is 1. The summed E-state index contributed by atoms with van der Waals surface area (Å²) in [4.78, 5) is 17.2. The molecule has 5 rings (SSSR count). The Bertz CT molecular complexity index is 1340. The summed E-state index contributed by atoms with van der Waals surface area (Å²) in [6, 6.07) is 10.2. The molecule has 2 N–H and O–H groups in total. The van der Waals surface area contributed by atoms with Crippen molar-refractivity contribution in [1.82, 2.24) is 19.9 Å². The molecule has 0 bridgehead atoms. The molecule has 1 saturated heterocycles. The number of nitrogens with zero attached hydrogens (tertiary/aromatic N) is 5. The van der Waals surface area contributed by atoms with E-state index in [2.05, 4.69) is 45.1 Å². The highest BCUT2D eigenvalue weighted by atomic mass is 35.5. The van der Waals surface area contributed by atoms with Crippen LogP contribution in [0, 0.1) is 5.92 Å². The fourth-order valence-corrected chi connectivity index (χ4v) is 5.91. The molecule has 0 spiro atoms. The summed E-state index contributed by atoms with van der Waals surface area (Å²) in [6.45, 7) is 6.07. The number of hydrogen-bond donors (Lipinski definition) is 2. The SMILES string of the molecule is CC(C)CN1CCCC[C@H]1N(C)c1nc(C(F)(F)F)ccc1-c1cc(Nc2cccc3c2C[C@H](O)CC3)ncn1.Cl. The van der Waals surface area contributed by atoms with Gasteiger partial charge in [0.2, 0.25) is 0 Å². The molecule has 0 unspecified atom stereocenters. The van der Waals surface area contributed by atoms with E-state index < -0.39 is 11.9 Å². The van der Waals surface area contributed by atoms with Crippen LogP contribution in [-0.2, 0) is 19.0 Å². The predicted molar refractivity (Wildman–Crippen MR) is 158 cm³/mol. The molecule has 3 aromatic rings. The number of alkyl halides is 3. The summed E-state index contributed by atoms with van der Waals surface area (Å²) in [7, 11) is 1.83. The molecule has 1 fully saturated rings. The first-order chi connectivity index (χ1) is 19.1. The number of fused-ring (bicyclic) bond motifs is 1. The quantitative estimate of drug-likeness (QED) is 0.326. The second-order valence-corrected chi connectivity index (χ2v) is 11.3. The lowest BCUT2D eigenvalue weighted by atomic mass is 9.88. The van der Waals surface area contributed by atoms with Crippen LogP contribution in [0.4, 0.5) is 30.5 Å². The van der Waals surface area contributed by atoms with E-state index >= 15 is 0 Å². The van der Waals surface area contributed by atoms with E-state index in [-0.39, 0.29) is 30.5 Å². The molecule has 1 aliphatic carbocycles. The van der Waals surface area contributed by atoms with Crippen LogP contribution in [0.5, 0.6) is 0 Å². The Labute approximate surface area is 245 Å². The second kappa shape index (κ2) is 12.9. The molecule has 0 amide bonds. The van der Waals surface area contributed by atoms with Crippen LogP contribution in [0.3, 0.4) is 0 Å². The summed E-state index contributed by atoms with van der Waals surface area (Å²) in [6.07, 6.45) is 1.43. The van der Waals surface area contributed by atoms with Crippen LogP contribution in [0.2, 0.25) is 0 Å². The van der Waals surface area contributed by atoms with Crippen molar-refractivity contribution in [2.45, 2.75) is 70.8 Å². The van der Waals surface area contributed by atoms with Crippen molar-refractivity contribution in [2.75, 3.05) is 30.4 Å². The lowest BCUT2D eigenvalue weighted by molar-refractivity contribution is -0.141. The van der Waals surface area contributed by atoms with Crippen molar-refractivity contribution in [3.05, 3.63) is 59.5 Å². The van der Waals surface area contributed by atoms with Gasteiger partial charge in [0.25, 0.3) is 0 Å². The molecule has 2 atom stereocenters. The van der Waals surface area contributed by atoms with E-state index in [0.717, 1.165) is 62.5 Å². The fraction of sp³-hybridized carbons (Fsp3) is 0.500. The van der Waals surface area contributed by atoms with Crippen LogP contribution in [-0.4, -0.2) is 57.4 Å². The zero-order chi connectivity index (χ0) is 28.4. The Balaban J connectivity index is 0.00000387. The minimum Gasteiger partial charge on any atom is -0.393 e. The van der Waals surface area contributed by atoms with Crippen LogP contribution >= 0.6 is 12.4 Å². The van der Waals surface area contributed by atoms with Gasteiger partial charge in [0.1, 0.15) is 23.7 Å². The molecule has 41 heavy (non-hydrogen) atoms. The van der Waals surface area contributed by atoms with Gasteiger partial charge in [0, 0.05) is 43.9 Å². The van der Waals surface area contributed by atoms with Crippen molar-refractivity contribution in [1.29, 1.82) is 0 Å². The maximum absolute atomic E-state index is 13.8. The van der Waals surface area contributed by atoms with Crippen LogP contribution in [0.1, 0.15) is 56.4 Å². The Kier molecular flexibility index (Phi) is 9.77. The highest BCUT2D eigenvalue weighted by Crippen LogP contribution is 2.37. The smallest absolute Gasteiger partial charge is 0.393 e. The largest absolute Gasteiger partial charge is 0.433 e. The number of likely N-dealkylation sites (tertiary alicyclic amines) is 1. The van der Waals surface area contributed by atoms with Crippen molar-refractivity contribution >= 4 is 29.7 Å². The van der Waals surface area contributed by atoms with Gasteiger partial charge in [-0.1, -0.05) is 26.0 Å². The highest BCUT2D eigenvalue weighted by molar-refractivity contribution is 5.85. The van der Waals surface area contributed by atoms with E-state index in [1.807, 2.05) is 24.1 Å². The minimum atomic E-state index is -4.56. The Morgan fingerprint density at radius 3 is 2.68 bits per heavy atom. The molecule has 2 aromatic heterocycles. The third-order valence-corrected chi connectivity index (χ3v) is 7.79. The van der Waals surface area contributed by atoms with Crippen LogP contribution in [0.15, 0.2) is 42.7 Å². The van der Waals surface area contributed by atoms with Gasteiger partial charge >= 0.3 is 6.18 Å². The molecule has 3 heterocycles. The topological polar surface area (TPSA) is 77.4 Å². The lowest BCUT2D eigenvalue weighted by Crippen LogP contribution is -2.51.